The van der Waals surface area contributed by atoms with Gasteiger partial charge in [0.1, 0.15) is 17.2 Å². The van der Waals surface area contributed by atoms with E-state index in [-0.39, 0.29) is 0 Å². The Bertz CT molecular complexity index is 3130. The SMILES string of the molecule is CC(C)(c1ccc(C(C)(c2cc(Cc3ccccc3)c(O)c(Cc3ccccc3)c2)c2cc(Cc3ccccc3)c(O)c(Cc3ccccc3)c2)cc1)c1cc(Cc2ccccc2)c(O)c(Cc2ccccc2)c1. The smallest absolute Gasteiger partial charge is 0.122 e. The summed E-state index contributed by atoms with van der Waals surface area (Å²) in [5.74, 6) is 0.976. The molecule has 0 unspecified atom stereocenters. The molecule has 0 heterocycles. The lowest BCUT2D eigenvalue weighted by atomic mass is 9.68. The van der Waals surface area contributed by atoms with Gasteiger partial charge in [-0.3, -0.25) is 0 Å². The summed E-state index contributed by atoms with van der Waals surface area (Å²) in [7, 11) is 0. The van der Waals surface area contributed by atoms with Crippen LogP contribution in [0, 0.1) is 0 Å². The van der Waals surface area contributed by atoms with Crippen molar-refractivity contribution in [2.45, 2.75) is 70.1 Å². The minimum atomic E-state index is -0.776. The maximum absolute atomic E-state index is 12.3. The molecule has 0 bridgehead atoms. The lowest BCUT2D eigenvalue weighted by molar-refractivity contribution is 0.461. The molecule has 0 radical (unpaired) electrons. The van der Waals surface area contributed by atoms with Crippen LogP contribution in [0.15, 0.2) is 243 Å². The number of aromatic hydroxyl groups is 3. The van der Waals surface area contributed by atoms with E-state index < -0.39 is 10.8 Å². The Morgan fingerprint density at radius 2 is 0.446 bits per heavy atom. The summed E-state index contributed by atoms with van der Waals surface area (Å²) in [6.45, 7) is 6.88. The molecule has 0 atom stereocenters. The molecule has 0 aliphatic rings. The predicted octanol–water partition coefficient (Wildman–Crippen LogP) is 16.0. The molecule has 3 heteroatoms. The maximum Gasteiger partial charge on any atom is 0.122 e. The zero-order chi connectivity index (χ0) is 51.1. The highest BCUT2D eigenvalue weighted by molar-refractivity contribution is 5.61. The molecule has 0 saturated carbocycles. The van der Waals surface area contributed by atoms with E-state index >= 15 is 0 Å². The Balaban J connectivity index is 1.15. The fourth-order valence-corrected chi connectivity index (χ4v) is 10.8. The van der Waals surface area contributed by atoms with E-state index in [1.54, 1.807) is 0 Å². The highest BCUT2D eigenvalue weighted by Gasteiger charge is 2.35. The van der Waals surface area contributed by atoms with Gasteiger partial charge in [-0.1, -0.05) is 257 Å². The third kappa shape index (κ3) is 10.8. The van der Waals surface area contributed by atoms with E-state index in [0.717, 1.165) is 94.6 Å². The van der Waals surface area contributed by atoms with Gasteiger partial charge >= 0.3 is 0 Å². The summed E-state index contributed by atoms with van der Waals surface area (Å²) in [5, 5.41) is 36.5. The molecule has 0 amide bonds. The lowest BCUT2D eigenvalue weighted by Crippen LogP contribution is -2.27. The van der Waals surface area contributed by atoms with Crippen molar-refractivity contribution in [3.8, 4) is 17.2 Å². The Morgan fingerprint density at radius 3 is 0.676 bits per heavy atom. The van der Waals surface area contributed by atoms with Crippen LogP contribution in [0.3, 0.4) is 0 Å². The van der Waals surface area contributed by atoms with Crippen LogP contribution in [-0.2, 0) is 49.4 Å². The number of hydrogen-bond donors (Lipinski definition) is 3. The number of phenolic OH excluding ortho intramolecular Hbond substituents is 3. The standard InChI is InChI=1S/C71H64O3/c1-70(2,64-44-56(38-50-22-10-4-11-23-50)67(72)57(45-64)39-51-24-12-5-13-25-51)62-34-36-63(37-35-62)71(3,65-46-58(40-52-26-14-6-15-27-52)68(73)59(47-65)41-53-28-16-7-17-29-53)66-48-60(42-54-30-18-8-19-31-54)69(74)61(49-66)43-55-32-20-9-21-33-55/h4-37,44-49,72-74H,38-43H2,1-3H3. The molecule has 10 aromatic rings. The van der Waals surface area contributed by atoms with Gasteiger partial charge in [0, 0.05) is 49.4 Å². The van der Waals surface area contributed by atoms with Gasteiger partial charge in [-0.25, -0.2) is 0 Å². The summed E-state index contributed by atoms with van der Waals surface area (Å²) in [6.07, 6.45) is 3.48. The Morgan fingerprint density at radius 1 is 0.243 bits per heavy atom. The second-order valence-electron chi connectivity index (χ2n) is 20.7. The Kier molecular flexibility index (Phi) is 14.5. The Hall–Kier alpha value is -8.40. The molecule has 3 N–H and O–H groups in total. The molecule has 0 aliphatic heterocycles. The average Bonchev–Trinajstić information content (AvgIpc) is 3.43. The van der Waals surface area contributed by atoms with Gasteiger partial charge in [0.2, 0.25) is 0 Å². The molecule has 10 aromatic carbocycles. The van der Waals surface area contributed by atoms with Crippen molar-refractivity contribution in [1.82, 2.24) is 0 Å². The van der Waals surface area contributed by atoms with Crippen molar-refractivity contribution >= 4 is 0 Å². The predicted molar refractivity (Wildman–Crippen MR) is 304 cm³/mol. The highest BCUT2D eigenvalue weighted by Crippen LogP contribution is 2.46. The van der Waals surface area contributed by atoms with Crippen LogP contribution in [0.25, 0.3) is 0 Å². The van der Waals surface area contributed by atoms with Crippen LogP contribution in [0.2, 0.25) is 0 Å². The van der Waals surface area contributed by atoms with Crippen LogP contribution in [0.4, 0.5) is 0 Å². The van der Waals surface area contributed by atoms with Crippen LogP contribution in [0.5, 0.6) is 17.2 Å². The zero-order valence-corrected chi connectivity index (χ0v) is 42.7. The highest BCUT2D eigenvalue weighted by atomic mass is 16.3. The summed E-state index contributed by atoms with van der Waals surface area (Å²) in [6, 6.07) is 84.7. The van der Waals surface area contributed by atoms with Crippen LogP contribution >= 0.6 is 0 Å². The molecular formula is C71H64O3. The molecule has 10 rings (SSSR count). The first-order valence-electron chi connectivity index (χ1n) is 25.9. The van der Waals surface area contributed by atoms with E-state index in [1.807, 2.05) is 36.4 Å². The second kappa shape index (κ2) is 21.8. The molecule has 0 aliphatic carbocycles. The summed E-state index contributed by atoms with van der Waals surface area (Å²) in [4.78, 5) is 0. The number of phenols is 3. The fourth-order valence-electron chi connectivity index (χ4n) is 10.8. The first-order chi connectivity index (χ1) is 36.0. The topological polar surface area (TPSA) is 60.7 Å². The number of rotatable bonds is 17. The van der Waals surface area contributed by atoms with Crippen LogP contribution < -0.4 is 0 Å². The van der Waals surface area contributed by atoms with Crippen LogP contribution in [0.1, 0.15) is 115 Å². The molecular weight excluding hydrogens is 901 g/mol. The van der Waals surface area contributed by atoms with E-state index in [1.165, 1.54) is 0 Å². The van der Waals surface area contributed by atoms with Gasteiger partial charge < -0.3 is 15.3 Å². The molecule has 0 saturated heterocycles. The van der Waals surface area contributed by atoms with E-state index in [0.29, 0.717) is 55.8 Å². The first kappa shape index (κ1) is 49.2. The molecule has 3 nitrogen and oxygen atoms in total. The van der Waals surface area contributed by atoms with Crippen molar-refractivity contribution in [2.24, 2.45) is 0 Å². The normalized spacial score (nSPS) is 11.7. The van der Waals surface area contributed by atoms with Crippen molar-refractivity contribution in [1.29, 1.82) is 0 Å². The van der Waals surface area contributed by atoms with E-state index in [2.05, 4.69) is 227 Å². The quantitative estimate of drug-likeness (QED) is 0.0797. The van der Waals surface area contributed by atoms with Gasteiger partial charge in [-0.15, -0.1) is 0 Å². The van der Waals surface area contributed by atoms with Gasteiger partial charge in [0.15, 0.2) is 0 Å². The molecule has 0 spiro atoms. The van der Waals surface area contributed by atoms with Gasteiger partial charge in [0.05, 0.1) is 0 Å². The minimum Gasteiger partial charge on any atom is -0.507 e. The first-order valence-corrected chi connectivity index (χ1v) is 25.9. The molecule has 0 aromatic heterocycles. The van der Waals surface area contributed by atoms with Crippen molar-refractivity contribution in [3.05, 3.63) is 337 Å². The number of hydrogen-bond acceptors (Lipinski definition) is 3. The van der Waals surface area contributed by atoms with Gasteiger partial charge in [0.25, 0.3) is 0 Å². The van der Waals surface area contributed by atoms with Gasteiger partial charge in [-0.2, -0.15) is 0 Å². The summed E-state index contributed by atoms with van der Waals surface area (Å²) >= 11 is 0. The lowest BCUT2D eigenvalue weighted by Gasteiger charge is -2.35. The average molecular weight is 965 g/mol. The third-order valence-corrected chi connectivity index (χ3v) is 15.3. The molecule has 74 heavy (non-hydrogen) atoms. The largest absolute Gasteiger partial charge is 0.507 e. The Labute approximate surface area is 437 Å². The molecule has 366 valence electrons. The van der Waals surface area contributed by atoms with Crippen LogP contribution in [-0.4, -0.2) is 15.3 Å². The molecule has 0 fully saturated rings. The monoisotopic (exact) mass is 964 g/mol. The van der Waals surface area contributed by atoms with Crippen molar-refractivity contribution in [3.63, 3.8) is 0 Å². The van der Waals surface area contributed by atoms with Crippen molar-refractivity contribution < 1.29 is 15.3 Å². The minimum absolute atomic E-state index is 0.313. The van der Waals surface area contributed by atoms with Crippen molar-refractivity contribution in [2.75, 3.05) is 0 Å². The van der Waals surface area contributed by atoms with E-state index in [9.17, 15) is 15.3 Å². The summed E-state index contributed by atoms with van der Waals surface area (Å²) < 4.78 is 0. The number of benzene rings is 10. The second-order valence-corrected chi connectivity index (χ2v) is 20.7. The summed E-state index contributed by atoms with van der Waals surface area (Å²) in [5.41, 5.74) is 16.3. The van der Waals surface area contributed by atoms with Gasteiger partial charge in [-0.05, 0) is 102 Å². The third-order valence-electron chi connectivity index (χ3n) is 15.3. The maximum atomic E-state index is 12.3. The fraction of sp³-hybridized carbons (Fsp3) is 0.155. The zero-order valence-electron chi connectivity index (χ0n) is 42.7. The van der Waals surface area contributed by atoms with E-state index in [4.69, 9.17) is 0 Å².